The molecule has 1 amide bonds. The Kier molecular flexibility index (Phi) is 4.03. The van der Waals surface area contributed by atoms with E-state index in [4.69, 9.17) is 10.5 Å². The van der Waals surface area contributed by atoms with Gasteiger partial charge in [-0.2, -0.15) is 0 Å². The van der Waals surface area contributed by atoms with Gasteiger partial charge in [0.25, 0.3) is 5.91 Å². The van der Waals surface area contributed by atoms with E-state index in [1.165, 1.54) is 0 Å². The summed E-state index contributed by atoms with van der Waals surface area (Å²) in [5.74, 6) is 0.522. The summed E-state index contributed by atoms with van der Waals surface area (Å²) in [4.78, 5) is 14.6. The number of carbonyl (C=O) groups excluding carboxylic acids is 1. The van der Waals surface area contributed by atoms with E-state index in [9.17, 15) is 4.79 Å². The maximum Gasteiger partial charge on any atom is 0.254 e. The molecule has 2 aliphatic heterocycles. The fourth-order valence-corrected chi connectivity index (χ4v) is 3.15. The zero-order chi connectivity index (χ0) is 13.9. The molecule has 0 bridgehead atoms. The van der Waals surface area contributed by atoms with Gasteiger partial charge in [-0.25, -0.2) is 0 Å². The molecule has 2 N–H and O–H groups in total. The molecular formula is C16H22N2O2. The molecule has 0 aliphatic carbocycles. The van der Waals surface area contributed by atoms with Gasteiger partial charge in [-0.1, -0.05) is 18.2 Å². The predicted octanol–water partition coefficient (Wildman–Crippen LogP) is 1.44. The molecule has 0 aromatic heterocycles. The van der Waals surface area contributed by atoms with Crippen molar-refractivity contribution < 1.29 is 9.53 Å². The highest BCUT2D eigenvalue weighted by atomic mass is 16.5. The average Bonchev–Trinajstić information content (AvgIpc) is 2.95. The van der Waals surface area contributed by atoms with E-state index < -0.39 is 0 Å². The van der Waals surface area contributed by atoms with Crippen LogP contribution in [0.5, 0.6) is 0 Å². The Hall–Kier alpha value is -1.39. The van der Waals surface area contributed by atoms with Crippen molar-refractivity contribution in [3.05, 3.63) is 35.4 Å². The van der Waals surface area contributed by atoms with Gasteiger partial charge in [-0.3, -0.25) is 4.79 Å². The van der Waals surface area contributed by atoms with Gasteiger partial charge in [0.05, 0.1) is 6.61 Å². The van der Waals surface area contributed by atoms with Crippen molar-refractivity contribution in [2.75, 3.05) is 26.3 Å². The lowest BCUT2D eigenvalue weighted by atomic mass is 9.99. The second-order valence-electron chi connectivity index (χ2n) is 5.80. The van der Waals surface area contributed by atoms with Crippen molar-refractivity contribution in [1.29, 1.82) is 0 Å². The van der Waals surface area contributed by atoms with Crippen LogP contribution in [-0.4, -0.2) is 43.2 Å². The molecule has 1 fully saturated rings. The van der Waals surface area contributed by atoms with Gasteiger partial charge >= 0.3 is 0 Å². The molecular weight excluding hydrogens is 252 g/mol. The van der Waals surface area contributed by atoms with Crippen molar-refractivity contribution in [1.82, 2.24) is 4.90 Å². The largest absolute Gasteiger partial charge is 0.381 e. The van der Waals surface area contributed by atoms with Crippen molar-refractivity contribution >= 4 is 5.91 Å². The summed E-state index contributed by atoms with van der Waals surface area (Å²) in [6.45, 7) is 2.98. The van der Waals surface area contributed by atoms with Crippen molar-refractivity contribution in [3.63, 3.8) is 0 Å². The van der Waals surface area contributed by atoms with Crippen molar-refractivity contribution in [2.24, 2.45) is 11.7 Å². The fourth-order valence-electron chi connectivity index (χ4n) is 3.15. The number of carbonyl (C=O) groups is 1. The monoisotopic (exact) mass is 274 g/mol. The van der Waals surface area contributed by atoms with Crippen LogP contribution in [-0.2, 0) is 11.2 Å². The minimum Gasteiger partial charge on any atom is -0.381 e. The van der Waals surface area contributed by atoms with Crippen LogP contribution >= 0.6 is 0 Å². The van der Waals surface area contributed by atoms with E-state index >= 15 is 0 Å². The van der Waals surface area contributed by atoms with Crippen LogP contribution in [0.4, 0.5) is 0 Å². The number of fused-ring (bicyclic) bond motifs is 1. The molecule has 108 valence electrons. The number of nitrogens with two attached hydrogens (primary N) is 1. The van der Waals surface area contributed by atoms with E-state index in [1.54, 1.807) is 0 Å². The molecule has 4 heteroatoms. The zero-order valence-corrected chi connectivity index (χ0v) is 11.8. The Morgan fingerprint density at radius 3 is 3.05 bits per heavy atom. The first-order valence-electron chi connectivity index (χ1n) is 7.46. The Balaban J connectivity index is 1.72. The Bertz CT molecular complexity index is 483. The maximum absolute atomic E-state index is 12.6. The van der Waals surface area contributed by atoms with Crippen LogP contribution in [0.25, 0.3) is 0 Å². The fraction of sp³-hybridized carbons (Fsp3) is 0.562. The summed E-state index contributed by atoms with van der Waals surface area (Å²) in [7, 11) is 0. The molecule has 0 spiro atoms. The lowest BCUT2D eigenvalue weighted by Crippen LogP contribution is -2.45. The number of benzene rings is 1. The number of amides is 1. The third-order valence-electron chi connectivity index (χ3n) is 4.41. The first-order valence-corrected chi connectivity index (χ1v) is 7.46. The number of hydrogen-bond donors (Lipinski definition) is 1. The van der Waals surface area contributed by atoms with Gasteiger partial charge in [-0.05, 0) is 30.9 Å². The van der Waals surface area contributed by atoms with E-state index in [2.05, 4.69) is 6.07 Å². The summed E-state index contributed by atoms with van der Waals surface area (Å²) in [6.07, 6.45) is 3.00. The highest BCUT2D eigenvalue weighted by Crippen LogP contribution is 2.21. The van der Waals surface area contributed by atoms with E-state index in [-0.39, 0.29) is 11.9 Å². The first kappa shape index (κ1) is 13.6. The molecule has 2 aliphatic rings. The number of ether oxygens (including phenoxy) is 1. The second kappa shape index (κ2) is 5.94. The quantitative estimate of drug-likeness (QED) is 0.907. The molecule has 0 radical (unpaired) electrons. The normalized spacial score (nSPS) is 24.4. The van der Waals surface area contributed by atoms with E-state index in [0.29, 0.717) is 12.5 Å². The van der Waals surface area contributed by atoms with Gasteiger partial charge in [0, 0.05) is 37.2 Å². The predicted molar refractivity (Wildman–Crippen MR) is 77.6 cm³/mol. The van der Waals surface area contributed by atoms with Crippen LogP contribution in [0.2, 0.25) is 0 Å². The van der Waals surface area contributed by atoms with Gasteiger partial charge in [-0.15, -0.1) is 0 Å². The molecule has 1 aromatic rings. The number of rotatable bonds is 3. The topological polar surface area (TPSA) is 55.6 Å². The molecule has 20 heavy (non-hydrogen) atoms. The molecule has 4 nitrogen and oxygen atoms in total. The molecule has 2 heterocycles. The minimum atomic E-state index is 0.0201. The van der Waals surface area contributed by atoms with Gasteiger partial charge in [0.1, 0.15) is 0 Å². The highest BCUT2D eigenvalue weighted by Gasteiger charge is 2.28. The lowest BCUT2D eigenvalue weighted by molar-refractivity contribution is 0.0735. The van der Waals surface area contributed by atoms with E-state index in [0.717, 1.165) is 50.1 Å². The summed E-state index contributed by atoms with van der Waals surface area (Å²) >= 11 is 0. The van der Waals surface area contributed by atoms with Crippen LogP contribution < -0.4 is 5.73 Å². The molecule has 1 saturated heterocycles. The summed E-state index contributed by atoms with van der Waals surface area (Å²) in [5, 5.41) is 0. The van der Waals surface area contributed by atoms with Gasteiger partial charge in [0.2, 0.25) is 0 Å². The average molecular weight is 274 g/mol. The number of nitrogens with zero attached hydrogens (tertiary/aromatic N) is 1. The molecule has 2 unspecified atom stereocenters. The summed E-state index contributed by atoms with van der Waals surface area (Å²) in [6, 6.07) is 7.95. The van der Waals surface area contributed by atoms with E-state index in [1.807, 2.05) is 23.1 Å². The number of hydrogen-bond acceptors (Lipinski definition) is 3. The molecule has 2 atom stereocenters. The van der Waals surface area contributed by atoms with Gasteiger partial charge in [0.15, 0.2) is 0 Å². The highest BCUT2D eigenvalue weighted by molar-refractivity contribution is 5.96. The van der Waals surface area contributed by atoms with Crippen LogP contribution in [0.3, 0.4) is 0 Å². The standard InChI is InChI=1S/C16H22N2O2/c17-15(13-7-9-20-11-13)10-18-8-3-5-12-4-1-2-6-14(12)16(18)19/h1-2,4,6,13,15H,3,5,7-11,17H2. The Morgan fingerprint density at radius 1 is 1.40 bits per heavy atom. The van der Waals surface area contributed by atoms with Crippen LogP contribution in [0.15, 0.2) is 24.3 Å². The van der Waals surface area contributed by atoms with Crippen molar-refractivity contribution in [2.45, 2.75) is 25.3 Å². The van der Waals surface area contributed by atoms with Gasteiger partial charge < -0.3 is 15.4 Å². The minimum absolute atomic E-state index is 0.0201. The maximum atomic E-state index is 12.6. The molecule has 1 aromatic carbocycles. The second-order valence-corrected chi connectivity index (χ2v) is 5.80. The number of aryl methyl sites for hydroxylation is 1. The summed E-state index contributed by atoms with van der Waals surface area (Å²) in [5.41, 5.74) is 8.28. The SMILES string of the molecule is NC(CN1CCCc2ccccc2C1=O)C1CCOC1. The smallest absolute Gasteiger partial charge is 0.254 e. The third kappa shape index (κ3) is 2.72. The molecule has 0 saturated carbocycles. The Labute approximate surface area is 119 Å². The van der Waals surface area contributed by atoms with Crippen molar-refractivity contribution in [3.8, 4) is 0 Å². The third-order valence-corrected chi connectivity index (χ3v) is 4.41. The lowest BCUT2D eigenvalue weighted by Gasteiger charge is -2.27. The zero-order valence-electron chi connectivity index (χ0n) is 11.8. The molecule has 3 rings (SSSR count). The summed E-state index contributed by atoms with van der Waals surface area (Å²) < 4.78 is 5.39. The first-order chi connectivity index (χ1) is 9.75. The van der Waals surface area contributed by atoms with Crippen LogP contribution in [0, 0.1) is 5.92 Å². The van der Waals surface area contributed by atoms with Crippen LogP contribution in [0.1, 0.15) is 28.8 Å². The Morgan fingerprint density at radius 2 is 2.25 bits per heavy atom.